The molecule has 98 valence electrons. The van der Waals surface area contributed by atoms with Gasteiger partial charge in [0, 0.05) is 0 Å². The lowest BCUT2D eigenvalue weighted by atomic mass is 10.3. The molecule has 18 heavy (non-hydrogen) atoms. The second-order valence-electron chi connectivity index (χ2n) is 3.12. The largest absolute Gasteiger partial charge is 0.479 e. The quantitative estimate of drug-likeness (QED) is 0.518. The highest BCUT2D eigenvalue weighted by molar-refractivity contribution is 7.98. The third-order valence-electron chi connectivity index (χ3n) is 1.86. The Bertz CT molecular complexity index is 471. The van der Waals surface area contributed by atoms with E-state index in [9.17, 15) is 9.59 Å². The predicted molar refractivity (Wildman–Crippen MR) is 64.8 cm³/mol. The minimum atomic E-state index is -1.67. The van der Waals surface area contributed by atoms with Crippen molar-refractivity contribution >= 4 is 35.2 Å². The van der Waals surface area contributed by atoms with Crippen LogP contribution in [0.5, 0.6) is 0 Å². The van der Waals surface area contributed by atoms with Gasteiger partial charge in [-0.15, -0.1) is 0 Å². The molecule has 1 atom stereocenters. The third kappa shape index (κ3) is 3.83. The number of aliphatic hydroxyl groups excluding tert-OH is 1. The van der Waals surface area contributed by atoms with E-state index < -0.39 is 24.5 Å². The van der Waals surface area contributed by atoms with Crippen molar-refractivity contribution in [2.24, 2.45) is 0 Å². The van der Waals surface area contributed by atoms with Crippen molar-refractivity contribution in [1.82, 2.24) is 15.3 Å². The first kappa shape index (κ1) is 14.7. The summed E-state index contributed by atoms with van der Waals surface area (Å²) in [6.45, 7) is -0.427. The van der Waals surface area contributed by atoms with Crippen molar-refractivity contribution in [3.8, 4) is 0 Å². The molecule has 7 nitrogen and oxygen atoms in total. The van der Waals surface area contributed by atoms with Crippen molar-refractivity contribution in [2.45, 2.75) is 11.3 Å². The zero-order chi connectivity index (χ0) is 13.7. The molecule has 0 radical (unpaired) electrons. The van der Waals surface area contributed by atoms with Crippen molar-refractivity contribution in [2.75, 3.05) is 12.8 Å². The normalized spacial score (nSPS) is 11.9. The lowest BCUT2D eigenvalue weighted by molar-refractivity contribution is -0.146. The lowest BCUT2D eigenvalue weighted by Gasteiger charge is -2.08. The van der Waals surface area contributed by atoms with Gasteiger partial charge in [0.05, 0.1) is 17.8 Å². The molecule has 0 saturated heterocycles. The zero-order valence-electron chi connectivity index (χ0n) is 9.25. The minimum Gasteiger partial charge on any atom is -0.479 e. The van der Waals surface area contributed by atoms with Crippen LogP contribution in [-0.2, 0) is 4.79 Å². The molecule has 0 aliphatic rings. The lowest BCUT2D eigenvalue weighted by Crippen LogP contribution is -2.37. The maximum Gasteiger partial charge on any atom is 0.334 e. The van der Waals surface area contributed by atoms with Crippen LogP contribution in [0.4, 0.5) is 0 Å². The second kappa shape index (κ2) is 6.53. The average molecular weight is 292 g/mol. The van der Waals surface area contributed by atoms with Gasteiger partial charge in [0.2, 0.25) is 0 Å². The molecular weight excluding hydrogens is 282 g/mol. The van der Waals surface area contributed by atoms with Gasteiger partial charge in [-0.3, -0.25) is 4.79 Å². The fraction of sp³-hybridized carbons (Fsp3) is 0.333. The molecule has 0 spiro atoms. The second-order valence-corrected chi connectivity index (χ2v) is 4.30. The third-order valence-corrected chi connectivity index (χ3v) is 2.70. The van der Waals surface area contributed by atoms with Gasteiger partial charge in [0.1, 0.15) is 0 Å². The van der Waals surface area contributed by atoms with Crippen LogP contribution < -0.4 is 5.32 Å². The fourth-order valence-corrected chi connectivity index (χ4v) is 1.49. The fourth-order valence-electron chi connectivity index (χ4n) is 0.969. The standard InChI is InChI=1S/C9H10ClN3O4S/c1-18-9-12-2-4(10)6(13-9)7(15)11-3-5(14)8(16)17/h2,5,14H,3H2,1H3,(H,11,15)(H,16,17). The highest BCUT2D eigenvalue weighted by Gasteiger charge is 2.18. The summed E-state index contributed by atoms with van der Waals surface area (Å²) in [6, 6.07) is 0. The molecule has 0 aliphatic heterocycles. The summed E-state index contributed by atoms with van der Waals surface area (Å²) in [6.07, 6.45) is 1.34. The van der Waals surface area contributed by atoms with E-state index in [1.165, 1.54) is 18.0 Å². The number of aliphatic carboxylic acids is 1. The Kier molecular flexibility index (Phi) is 5.32. The summed E-state index contributed by atoms with van der Waals surface area (Å²) in [5.74, 6) is -2.09. The predicted octanol–water partition coefficient (Wildman–Crippen LogP) is 0.0272. The van der Waals surface area contributed by atoms with E-state index >= 15 is 0 Å². The summed E-state index contributed by atoms with van der Waals surface area (Å²) >= 11 is 6.99. The van der Waals surface area contributed by atoms with Crippen LogP contribution >= 0.6 is 23.4 Å². The molecule has 1 aromatic heterocycles. The number of carbonyl (C=O) groups excluding carboxylic acids is 1. The molecule has 0 aromatic carbocycles. The average Bonchev–Trinajstić information content (AvgIpc) is 2.35. The number of thioether (sulfide) groups is 1. The number of aromatic nitrogens is 2. The SMILES string of the molecule is CSc1ncc(Cl)c(C(=O)NCC(O)C(=O)O)n1. The molecule has 3 N–H and O–H groups in total. The van der Waals surface area contributed by atoms with E-state index in [1.807, 2.05) is 0 Å². The Labute approximate surface area is 112 Å². The van der Waals surface area contributed by atoms with E-state index in [0.29, 0.717) is 5.16 Å². The molecule has 1 amide bonds. The van der Waals surface area contributed by atoms with Gasteiger partial charge in [-0.25, -0.2) is 14.8 Å². The van der Waals surface area contributed by atoms with E-state index in [0.717, 1.165) is 0 Å². The highest BCUT2D eigenvalue weighted by Crippen LogP contribution is 2.16. The molecule has 1 aromatic rings. The number of carbonyl (C=O) groups is 2. The Balaban J connectivity index is 2.75. The summed E-state index contributed by atoms with van der Waals surface area (Å²) in [7, 11) is 0. The minimum absolute atomic E-state index is 0.0510. The van der Waals surface area contributed by atoms with E-state index in [-0.39, 0.29) is 10.7 Å². The van der Waals surface area contributed by atoms with Crippen molar-refractivity contribution < 1.29 is 19.8 Å². The van der Waals surface area contributed by atoms with Gasteiger partial charge < -0.3 is 15.5 Å². The maximum absolute atomic E-state index is 11.7. The van der Waals surface area contributed by atoms with Crippen molar-refractivity contribution in [1.29, 1.82) is 0 Å². The Morgan fingerprint density at radius 3 is 2.83 bits per heavy atom. The van der Waals surface area contributed by atoms with Crippen molar-refractivity contribution in [3.05, 3.63) is 16.9 Å². The van der Waals surface area contributed by atoms with Crippen LogP contribution in [0.2, 0.25) is 5.02 Å². The smallest absolute Gasteiger partial charge is 0.334 e. The Hall–Kier alpha value is -1.38. The molecule has 1 rings (SSSR count). The van der Waals surface area contributed by atoms with Gasteiger partial charge in [-0.2, -0.15) is 0 Å². The number of halogens is 1. The molecule has 1 unspecified atom stereocenters. The molecule has 1 heterocycles. The number of amides is 1. The zero-order valence-corrected chi connectivity index (χ0v) is 10.8. The number of aliphatic hydroxyl groups is 1. The molecule has 0 fully saturated rings. The Morgan fingerprint density at radius 1 is 1.61 bits per heavy atom. The summed E-state index contributed by atoms with van der Waals surface area (Å²) in [5.41, 5.74) is -0.0615. The number of hydrogen-bond acceptors (Lipinski definition) is 6. The van der Waals surface area contributed by atoms with Gasteiger partial charge in [0.25, 0.3) is 5.91 Å². The topological polar surface area (TPSA) is 112 Å². The van der Waals surface area contributed by atoms with Crippen LogP contribution in [0.15, 0.2) is 11.4 Å². The summed E-state index contributed by atoms with van der Waals surface area (Å²) in [5, 5.41) is 20.1. The van der Waals surface area contributed by atoms with Gasteiger partial charge in [-0.1, -0.05) is 23.4 Å². The summed E-state index contributed by atoms with van der Waals surface area (Å²) in [4.78, 5) is 29.8. The Morgan fingerprint density at radius 2 is 2.28 bits per heavy atom. The monoisotopic (exact) mass is 291 g/mol. The van der Waals surface area contributed by atoms with E-state index in [2.05, 4.69) is 15.3 Å². The van der Waals surface area contributed by atoms with Gasteiger partial charge in [-0.05, 0) is 6.26 Å². The molecule has 0 saturated carbocycles. The summed E-state index contributed by atoms with van der Waals surface area (Å²) < 4.78 is 0. The molecule has 9 heteroatoms. The van der Waals surface area contributed by atoms with Crippen LogP contribution in [0.3, 0.4) is 0 Å². The first-order chi connectivity index (χ1) is 8.45. The molecule has 0 aliphatic carbocycles. The van der Waals surface area contributed by atoms with Gasteiger partial charge in [0.15, 0.2) is 17.0 Å². The number of carboxylic acid groups (broad SMARTS) is 1. The number of rotatable bonds is 5. The number of nitrogens with one attached hydrogen (secondary N) is 1. The van der Waals surface area contributed by atoms with Gasteiger partial charge >= 0.3 is 5.97 Å². The first-order valence-electron chi connectivity index (χ1n) is 4.71. The van der Waals surface area contributed by atoms with Crippen LogP contribution in [-0.4, -0.2) is 51.0 Å². The highest BCUT2D eigenvalue weighted by atomic mass is 35.5. The number of hydrogen-bond donors (Lipinski definition) is 3. The van der Waals surface area contributed by atoms with E-state index in [1.54, 1.807) is 6.26 Å². The first-order valence-corrected chi connectivity index (χ1v) is 6.31. The van der Waals surface area contributed by atoms with Crippen molar-refractivity contribution in [3.63, 3.8) is 0 Å². The number of carboxylic acids is 1. The van der Waals surface area contributed by atoms with E-state index in [4.69, 9.17) is 21.8 Å². The number of nitrogens with zero attached hydrogens (tertiary/aromatic N) is 2. The maximum atomic E-state index is 11.7. The molecular formula is C9H10ClN3O4S. The van der Waals surface area contributed by atoms with Crippen LogP contribution in [0, 0.1) is 0 Å². The van der Waals surface area contributed by atoms with Crippen LogP contribution in [0.1, 0.15) is 10.5 Å². The van der Waals surface area contributed by atoms with Crippen LogP contribution in [0.25, 0.3) is 0 Å². The molecule has 0 bridgehead atoms.